The molecule has 0 aliphatic heterocycles. The van der Waals surface area contributed by atoms with Crippen molar-refractivity contribution in [2.75, 3.05) is 6.61 Å². The van der Waals surface area contributed by atoms with Crippen LogP contribution in [0.2, 0.25) is 0 Å². The van der Waals surface area contributed by atoms with Crippen molar-refractivity contribution >= 4 is 5.97 Å². The van der Waals surface area contributed by atoms with Crippen LogP contribution in [-0.4, -0.2) is 12.6 Å². The molecule has 168 valence electrons. The normalized spacial score (nSPS) is 10.7. The van der Waals surface area contributed by atoms with Crippen molar-refractivity contribution in [2.45, 2.75) is 58.8 Å². The van der Waals surface area contributed by atoms with Gasteiger partial charge in [-0.2, -0.15) is 0 Å². The van der Waals surface area contributed by atoms with Crippen molar-refractivity contribution < 1.29 is 14.3 Å². The van der Waals surface area contributed by atoms with Crippen LogP contribution in [0.25, 0.3) is 11.1 Å². The summed E-state index contributed by atoms with van der Waals surface area (Å²) >= 11 is 0. The fraction of sp³-hybridized carbons (Fsp3) is 0.345. The predicted octanol–water partition coefficient (Wildman–Crippen LogP) is 7.87. The quantitative estimate of drug-likeness (QED) is 0.167. The lowest BCUT2D eigenvalue weighted by molar-refractivity contribution is 0.0734. The summed E-state index contributed by atoms with van der Waals surface area (Å²) in [6, 6.07) is 23.5. The van der Waals surface area contributed by atoms with Gasteiger partial charge in [-0.3, -0.25) is 0 Å². The van der Waals surface area contributed by atoms with E-state index >= 15 is 0 Å². The molecule has 0 unspecified atom stereocenters. The Kier molecular flexibility index (Phi) is 9.37. The number of esters is 1. The van der Waals surface area contributed by atoms with Crippen molar-refractivity contribution in [3.05, 3.63) is 83.9 Å². The summed E-state index contributed by atoms with van der Waals surface area (Å²) in [4.78, 5) is 12.5. The third-order valence-electron chi connectivity index (χ3n) is 5.53. The highest BCUT2D eigenvalue weighted by Gasteiger charge is 2.09. The first kappa shape index (κ1) is 23.6. The summed E-state index contributed by atoms with van der Waals surface area (Å²) in [7, 11) is 0. The Hall–Kier alpha value is -3.07. The van der Waals surface area contributed by atoms with Crippen LogP contribution in [-0.2, 0) is 6.42 Å². The number of unbranched alkanes of at least 4 members (excludes halogenated alkanes) is 4. The average Bonchev–Trinajstić information content (AvgIpc) is 2.84. The summed E-state index contributed by atoms with van der Waals surface area (Å²) in [6.07, 6.45) is 8.24. The first-order valence-corrected chi connectivity index (χ1v) is 11.8. The van der Waals surface area contributed by atoms with E-state index < -0.39 is 0 Å². The maximum atomic E-state index is 12.5. The van der Waals surface area contributed by atoms with E-state index in [0.29, 0.717) is 17.9 Å². The lowest BCUT2D eigenvalue weighted by atomic mass is 10.0. The Balaban J connectivity index is 1.52. The smallest absolute Gasteiger partial charge is 0.343 e. The van der Waals surface area contributed by atoms with E-state index in [9.17, 15) is 4.79 Å². The zero-order valence-electron chi connectivity index (χ0n) is 19.3. The Morgan fingerprint density at radius 1 is 0.656 bits per heavy atom. The van der Waals surface area contributed by atoms with E-state index in [1.54, 1.807) is 12.1 Å². The van der Waals surface area contributed by atoms with Crippen molar-refractivity contribution in [3.8, 4) is 22.6 Å². The summed E-state index contributed by atoms with van der Waals surface area (Å²) in [5.74, 6) is 0.950. The van der Waals surface area contributed by atoms with Gasteiger partial charge in [0.15, 0.2) is 0 Å². The van der Waals surface area contributed by atoms with Gasteiger partial charge in [0.1, 0.15) is 11.5 Å². The maximum Gasteiger partial charge on any atom is 0.343 e. The number of carbonyl (C=O) groups is 1. The zero-order valence-corrected chi connectivity index (χ0v) is 19.3. The van der Waals surface area contributed by atoms with Crippen LogP contribution in [0.1, 0.15) is 68.3 Å². The molecule has 3 aromatic rings. The standard InChI is InChI=1S/C29H34O3/c1-3-5-7-8-22-31-27-18-20-28(21-19-27)32-29(30)26-16-14-25(15-17-26)24-12-10-23(11-13-24)9-6-4-2/h10-21H,3-9,22H2,1-2H3. The lowest BCUT2D eigenvalue weighted by Crippen LogP contribution is -2.08. The second-order valence-corrected chi connectivity index (χ2v) is 8.15. The van der Waals surface area contributed by atoms with Crippen LogP contribution >= 0.6 is 0 Å². The molecule has 3 nitrogen and oxygen atoms in total. The van der Waals surface area contributed by atoms with Gasteiger partial charge < -0.3 is 9.47 Å². The van der Waals surface area contributed by atoms with E-state index in [1.807, 2.05) is 36.4 Å². The number of hydrogen-bond donors (Lipinski definition) is 0. The lowest BCUT2D eigenvalue weighted by Gasteiger charge is -2.08. The van der Waals surface area contributed by atoms with Crippen molar-refractivity contribution in [1.29, 1.82) is 0 Å². The Morgan fingerprint density at radius 3 is 1.88 bits per heavy atom. The van der Waals surface area contributed by atoms with Crippen LogP contribution < -0.4 is 9.47 Å². The Bertz CT molecular complexity index is 941. The van der Waals surface area contributed by atoms with Gasteiger partial charge in [0, 0.05) is 0 Å². The fourth-order valence-electron chi connectivity index (χ4n) is 3.53. The van der Waals surface area contributed by atoms with E-state index in [1.165, 1.54) is 37.7 Å². The van der Waals surface area contributed by atoms with Crippen LogP contribution in [0.15, 0.2) is 72.8 Å². The minimum absolute atomic E-state index is 0.361. The molecule has 0 aliphatic carbocycles. The maximum absolute atomic E-state index is 12.5. The molecule has 0 heterocycles. The predicted molar refractivity (Wildman–Crippen MR) is 132 cm³/mol. The zero-order chi connectivity index (χ0) is 22.6. The molecular weight excluding hydrogens is 396 g/mol. The number of aryl methyl sites for hydroxylation is 1. The van der Waals surface area contributed by atoms with Crippen molar-refractivity contribution in [1.82, 2.24) is 0 Å². The van der Waals surface area contributed by atoms with E-state index in [0.717, 1.165) is 29.7 Å². The molecule has 3 heteroatoms. The molecule has 3 rings (SSSR count). The molecule has 0 spiro atoms. The second kappa shape index (κ2) is 12.7. The molecule has 0 atom stereocenters. The van der Waals surface area contributed by atoms with Crippen LogP contribution in [0, 0.1) is 0 Å². The summed E-state index contributed by atoms with van der Waals surface area (Å²) in [6.45, 7) is 5.12. The number of benzene rings is 3. The van der Waals surface area contributed by atoms with E-state index in [4.69, 9.17) is 9.47 Å². The fourth-order valence-corrected chi connectivity index (χ4v) is 3.53. The van der Waals surface area contributed by atoms with Gasteiger partial charge in [0.2, 0.25) is 0 Å². The monoisotopic (exact) mass is 430 g/mol. The average molecular weight is 431 g/mol. The summed E-state index contributed by atoms with van der Waals surface area (Å²) in [5.41, 5.74) is 4.13. The van der Waals surface area contributed by atoms with Gasteiger partial charge in [-0.1, -0.05) is 75.9 Å². The van der Waals surface area contributed by atoms with E-state index in [-0.39, 0.29) is 5.97 Å². The number of ether oxygens (including phenoxy) is 2. The molecule has 0 radical (unpaired) electrons. The highest BCUT2D eigenvalue weighted by atomic mass is 16.5. The van der Waals surface area contributed by atoms with Gasteiger partial charge >= 0.3 is 5.97 Å². The van der Waals surface area contributed by atoms with Crippen LogP contribution in [0.4, 0.5) is 0 Å². The molecule has 0 N–H and O–H groups in total. The third-order valence-corrected chi connectivity index (χ3v) is 5.53. The highest BCUT2D eigenvalue weighted by molar-refractivity contribution is 5.91. The molecule has 32 heavy (non-hydrogen) atoms. The third kappa shape index (κ3) is 7.26. The van der Waals surface area contributed by atoms with Gasteiger partial charge in [-0.15, -0.1) is 0 Å². The van der Waals surface area contributed by atoms with Crippen molar-refractivity contribution in [3.63, 3.8) is 0 Å². The first-order chi connectivity index (χ1) is 15.7. The molecule has 3 aromatic carbocycles. The highest BCUT2D eigenvalue weighted by Crippen LogP contribution is 2.23. The molecule has 0 amide bonds. The summed E-state index contributed by atoms with van der Waals surface area (Å²) in [5, 5.41) is 0. The number of rotatable bonds is 12. The molecule has 0 aliphatic rings. The molecule has 0 bridgehead atoms. The van der Waals surface area contributed by atoms with Gasteiger partial charge in [-0.25, -0.2) is 4.79 Å². The molecular formula is C29H34O3. The second-order valence-electron chi connectivity index (χ2n) is 8.15. The van der Waals surface area contributed by atoms with Crippen molar-refractivity contribution in [2.24, 2.45) is 0 Å². The largest absolute Gasteiger partial charge is 0.494 e. The minimum atomic E-state index is -0.361. The first-order valence-electron chi connectivity index (χ1n) is 11.8. The molecule has 0 saturated carbocycles. The van der Waals surface area contributed by atoms with Crippen LogP contribution in [0.3, 0.4) is 0 Å². The van der Waals surface area contributed by atoms with Gasteiger partial charge in [0.25, 0.3) is 0 Å². The Labute approximate surface area is 192 Å². The van der Waals surface area contributed by atoms with Crippen LogP contribution in [0.5, 0.6) is 11.5 Å². The summed E-state index contributed by atoms with van der Waals surface area (Å²) < 4.78 is 11.3. The SMILES string of the molecule is CCCCCCOc1ccc(OC(=O)c2ccc(-c3ccc(CCCC)cc3)cc2)cc1. The molecule has 0 saturated heterocycles. The topological polar surface area (TPSA) is 35.5 Å². The van der Waals surface area contributed by atoms with Gasteiger partial charge in [0.05, 0.1) is 12.2 Å². The van der Waals surface area contributed by atoms with E-state index in [2.05, 4.69) is 38.1 Å². The Morgan fingerprint density at radius 2 is 1.25 bits per heavy atom. The molecule has 0 fully saturated rings. The minimum Gasteiger partial charge on any atom is -0.494 e. The number of hydrogen-bond acceptors (Lipinski definition) is 3. The molecule has 0 aromatic heterocycles. The number of carbonyl (C=O) groups excluding carboxylic acids is 1. The van der Waals surface area contributed by atoms with Gasteiger partial charge in [-0.05, 0) is 72.4 Å².